The number of aromatic hydroxyl groups is 1. The quantitative estimate of drug-likeness (QED) is 0.896. The van der Waals surface area contributed by atoms with Crippen molar-refractivity contribution in [2.24, 2.45) is 0 Å². The second-order valence-electron chi connectivity index (χ2n) is 4.12. The van der Waals surface area contributed by atoms with E-state index in [4.69, 9.17) is 4.74 Å². The summed E-state index contributed by atoms with van der Waals surface area (Å²) in [6.45, 7) is 2.06. The van der Waals surface area contributed by atoms with Crippen LogP contribution in [0.5, 0.6) is 5.75 Å². The molecule has 1 N–H and O–H groups in total. The van der Waals surface area contributed by atoms with Crippen LogP contribution in [0, 0.1) is 6.92 Å². The fourth-order valence-corrected chi connectivity index (χ4v) is 1.78. The van der Waals surface area contributed by atoms with E-state index in [1.54, 1.807) is 14.0 Å². The van der Waals surface area contributed by atoms with Crippen LogP contribution in [-0.4, -0.2) is 22.2 Å². The molecule has 94 valence electrons. The standard InChI is InChI=1S/C14H16N2O2/c1-10-14(17)12(9-18-2)16-13(15-10)8-11-6-4-3-5-7-11/h3-7,17H,8-9H2,1-2H3. The lowest BCUT2D eigenvalue weighted by Crippen LogP contribution is -2.04. The minimum absolute atomic E-state index is 0.119. The molecule has 4 heteroatoms. The smallest absolute Gasteiger partial charge is 0.160 e. The van der Waals surface area contributed by atoms with E-state index in [0.717, 1.165) is 5.56 Å². The minimum Gasteiger partial charge on any atom is -0.504 e. The zero-order chi connectivity index (χ0) is 13.0. The van der Waals surface area contributed by atoms with E-state index in [1.807, 2.05) is 30.3 Å². The van der Waals surface area contributed by atoms with Crippen LogP contribution < -0.4 is 0 Å². The molecule has 0 unspecified atom stereocenters. The van der Waals surface area contributed by atoms with Crippen molar-refractivity contribution in [3.8, 4) is 5.75 Å². The molecule has 0 atom stereocenters. The number of hydrogen-bond acceptors (Lipinski definition) is 4. The molecule has 0 aliphatic heterocycles. The molecule has 1 aromatic heterocycles. The second kappa shape index (κ2) is 5.60. The van der Waals surface area contributed by atoms with E-state index in [-0.39, 0.29) is 12.4 Å². The average molecular weight is 244 g/mol. The van der Waals surface area contributed by atoms with Gasteiger partial charge in [-0.25, -0.2) is 9.97 Å². The first kappa shape index (κ1) is 12.5. The molecule has 0 fully saturated rings. The Kier molecular flexibility index (Phi) is 3.89. The van der Waals surface area contributed by atoms with Gasteiger partial charge in [0.1, 0.15) is 11.5 Å². The van der Waals surface area contributed by atoms with Crippen LogP contribution in [0.1, 0.15) is 22.8 Å². The van der Waals surface area contributed by atoms with Crippen molar-refractivity contribution in [2.45, 2.75) is 20.0 Å². The first-order valence-electron chi connectivity index (χ1n) is 5.79. The van der Waals surface area contributed by atoms with Gasteiger partial charge in [0.15, 0.2) is 5.75 Å². The van der Waals surface area contributed by atoms with Gasteiger partial charge < -0.3 is 9.84 Å². The van der Waals surface area contributed by atoms with Gasteiger partial charge in [0.2, 0.25) is 0 Å². The number of methoxy groups -OCH3 is 1. The highest BCUT2D eigenvalue weighted by atomic mass is 16.5. The van der Waals surface area contributed by atoms with E-state index in [0.29, 0.717) is 23.6 Å². The highest BCUT2D eigenvalue weighted by molar-refractivity contribution is 5.31. The van der Waals surface area contributed by atoms with E-state index in [2.05, 4.69) is 9.97 Å². The summed E-state index contributed by atoms with van der Waals surface area (Å²) < 4.78 is 5.02. The van der Waals surface area contributed by atoms with Gasteiger partial charge in [-0.1, -0.05) is 30.3 Å². The third-order valence-corrected chi connectivity index (χ3v) is 2.66. The number of aromatic nitrogens is 2. The van der Waals surface area contributed by atoms with E-state index >= 15 is 0 Å². The number of benzene rings is 1. The first-order valence-corrected chi connectivity index (χ1v) is 5.79. The second-order valence-corrected chi connectivity index (χ2v) is 4.12. The van der Waals surface area contributed by atoms with Crippen molar-refractivity contribution in [3.63, 3.8) is 0 Å². The number of nitrogens with zero attached hydrogens (tertiary/aromatic N) is 2. The lowest BCUT2D eigenvalue weighted by molar-refractivity contribution is 0.177. The summed E-state index contributed by atoms with van der Waals surface area (Å²) in [5, 5.41) is 9.81. The van der Waals surface area contributed by atoms with Crippen molar-refractivity contribution >= 4 is 0 Å². The number of hydrogen-bond donors (Lipinski definition) is 1. The van der Waals surface area contributed by atoms with Crippen molar-refractivity contribution in [2.75, 3.05) is 7.11 Å². The molecule has 2 aromatic rings. The summed E-state index contributed by atoms with van der Waals surface area (Å²) in [6.07, 6.45) is 0.651. The van der Waals surface area contributed by atoms with Crippen molar-refractivity contribution in [1.82, 2.24) is 9.97 Å². The van der Waals surface area contributed by atoms with Gasteiger partial charge in [0.05, 0.1) is 12.3 Å². The lowest BCUT2D eigenvalue weighted by Gasteiger charge is -2.08. The van der Waals surface area contributed by atoms with Gasteiger partial charge in [0, 0.05) is 13.5 Å². The number of aryl methyl sites for hydroxylation is 1. The maximum Gasteiger partial charge on any atom is 0.160 e. The minimum atomic E-state index is 0.119. The van der Waals surface area contributed by atoms with Crippen LogP contribution in [0.4, 0.5) is 0 Å². The molecule has 1 heterocycles. The van der Waals surface area contributed by atoms with Gasteiger partial charge >= 0.3 is 0 Å². The molecule has 0 saturated heterocycles. The zero-order valence-electron chi connectivity index (χ0n) is 10.6. The fourth-order valence-electron chi connectivity index (χ4n) is 1.78. The molecule has 0 bridgehead atoms. The molecule has 0 spiro atoms. The summed E-state index contributed by atoms with van der Waals surface area (Å²) in [5.74, 6) is 0.817. The van der Waals surface area contributed by atoms with Crippen molar-refractivity contribution in [3.05, 3.63) is 53.1 Å². The van der Waals surface area contributed by atoms with Crippen LogP contribution in [0.3, 0.4) is 0 Å². The van der Waals surface area contributed by atoms with Crippen LogP contribution in [-0.2, 0) is 17.8 Å². The lowest BCUT2D eigenvalue weighted by atomic mass is 10.1. The van der Waals surface area contributed by atoms with Gasteiger partial charge in [-0.15, -0.1) is 0 Å². The molecule has 0 aliphatic carbocycles. The van der Waals surface area contributed by atoms with E-state index in [9.17, 15) is 5.11 Å². The highest BCUT2D eigenvalue weighted by Gasteiger charge is 2.10. The van der Waals surface area contributed by atoms with Crippen LogP contribution in [0.25, 0.3) is 0 Å². The topological polar surface area (TPSA) is 55.2 Å². The van der Waals surface area contributed by atoms with Crippen molar-refractivity contribution < 1.29 is 9.84 Å². The van der Waals surface area contributed by atoms with Crippen molar-refractivity contribution in [1.29, 1.82) is 0 Å². The Bertz CT molecular complexity index is 527. The average Bonchev–Trinajstić information content (AvgIpc) is 2.37. The van der Waals surface area contributed by atoms with Crippen LogP contribution >= 0.6 is 0 Å². The maximum absolute atomic E-state index is 9.81. The molecule has 0 aliphatic rings. The molecule has 1 aromatic carbocycles. The highest BCUT2D eigenvalue weighted by Crippen LogP contribution is 2.20. The summed E-state index contributed by atoms with van der Waals surface area (Å²) in [6, 6.07) is 10.0. The summed E-state index contributed by atoms with van der Waals surface area (Å²) in [7, 11) is 1.58. The first-order chi connectivity index (χ1) is 8.70. The monoisotopic (exact) mass is 244 g/mol. The molecule has 4 nitrogen and oxygen atoms in total. The number of rotatable bonds is 4. The predicted octanol–water partition coefficient (Wildman–Crippen LogP) is 2.23. The van der Waals surface area contributed by atoms with Gasteiger partial charge in [0.25, 0.3) is 0 Å². The Morgan fingerprint density at radius 3 is 2.56 bits per heavy atom. The molecule has 0 amide bonds. The van der Waals surface area contributed by atoms with Gasteiger partial charge in [-0.3, -0.25) is 0 Å². The Morgan fingerprint density at radius 1 is 1.17 bits per heavy atom. The Balaban J connectivity index is 2.28. The van der Waals surface area contributed by atoms with Crippen LogP contribution in [0.2, 0.25) is 0 Å². The molecule has 0 saturated carbocycles. The molecular weight excluding hydrogens is 228 g/mol. The van der Waals surface area contributed by atoms with Gasteiger partial charge in [-0.2, -0.15) is 0 Å². The fraction of sp³-hybridized carbons (Fsp3) is 0.286. The SMILES string of the molecule is COCc1nc(Cc2ccccc2)nc(C)c1O. The van der Waals surface area contributed by atoms with E-state index in [1.165, 1.54) is 0 Å². The molecule has 0 radical (unpaired) electrons. The third-order valence-electron chi connectivity index (χ3n) is 2.66. The summed E-state index contributed by atoms with van der Waals surface area (Å²) in [4.78, 5) is 8.63. The van der Waals surface area contributed by atoms with Gasteiger partial charge in [-0.05, 0) is 12.5 Å². The largest absolute Gasteiger partial charge is 0.504 e. The van der Waals surface area contributed by atoms with E-state index < -0.39 is 0 Å². The zero-order valence-corrected chi connectivity index (χ0v) is 10.6. The normalized spacial score (nSPS) is 10.6. The Morgan fingerprint density at radius 2 is 1.89 bits per heavy atom. The van der Waals surface area contributed by atoms with Crippen LogP contribution in [0.15, 0.2) is 30.3 Å². The summed E-state index contributed by atoms with van der Waals surface area (Å²) in [5.41, 5.74) is 2.27. The predicted molar refractivity (Wildman–Crippen MR) is 68.4 cm³/mol. The maximum atomic E-state index is 9.81. The molecule has 18 heavy (non-hydrogen) atoms. The third kappa shape index (κ3) is 2.84. The Labute approximate surface area is 106 Å². The number of ether oxygens (including phenoxy) is 1. The molecular formula is C14H16N2O2. The Hall–Kier alpha value is -1.94. The molecule has 2 rings (SSSR count). The summed E-state index contributed by atoms with van der Waals surface area (Å²) >= 11 is 0.